The van der Waals surface area contributed by atoms with Crippen LogP contribution in [0.4, 0.5) is 0 Å². The minimum absolute atomic E-state index is 0.0550. The minimum Gasteiger partial charge on any atom is -0.351 e. The molecule has 0 aromatic heterocycles. The SMILES string of the molecule is O=C(NCC1CCCc2ccccc21)c1cccc(Cl)c1. The van der Waals surface area contributed by atoms with E-state index in [2.05, 4.69) is 29.6 Å². The van der Waals surface area contributed by atoms with E-state index in [-0.39, 0.29) is 5.91 Å². The molecular weight excluding hydrogens is 282 g/mol. The summed E-state index contributed by atoms with van der Waals surface area (Å²) in [5.74, 6) is 0.360. The molecule has 0 bridgehead atoms. The Balaban J connectivity index is 1.67. The van der Waals surface area contributed by atoms with E-state index in [1.54, 1.807) is 24.3 Å². The Morgan fingerprint density at radius 1 is 1.19 bits per heavy atom. The molecule has 1 N–H and O–H groups in total. The largest absolute Gasteiger partial charge is 0.351 e. The van der Waals surface area contributed by atoms with Crippen LogP contribution in [0.15, 0.2) is 48.5 Å². The maximum absolute atomic E-state index is 12.2. The molecule has 1 aliphatic carbocycles. The summed E-state index contributed by atoms with van der Waals surface area (Å²) in [6.07, 6.45) is 3.47. The molecule has 21 heavy (non-hydrogen) atoms. The number of hydrogen-bond acceptors (Lipinski definition) is 1. The Morgan fingerprint density at radius 2 is 2.05 bits per heavy atom. The van der Waals surface area contributed by atoms with Gasteiger partial charge in [-0.05, 0) is 48.6 Å². The topological polar surface area (TPSA) is 29.1 Å². The summed E-state index contributed by atoms with van der Waals surface area (Å²) in [5, 5.41) is 3.63. The molecule has 2 aromatic carbocycles. The molecule has 2 nitrogen and oxygen atoms in total. The van der Waals surface area contributed by atoms with Gasteiger partial charge in [-0.15, -0.1) is 0 Å². The van der Waals surface area contributed by atoms with Crippen molar-refractivity contribution in [2.75, 3.05) is 6.54 Å². The minimum atomic E-state index is -0.0550. The van der Waals surface area contributed by atoms with Crippen LogP contribution < -0.4 is 5.32 Å². The Hall–Kier alpha value is -1.80. The average Bonchev–Trinajstić information content (AvgIpc) is 2.52. The zero-order valence-corrected chi connectivity index (χ0v) is 12.6. The molecule has 108 valence electrons. The molecule has 0 aliphatic heterocycles. The van der Waals surface area contributed by atoms with Crippen LogP contribution in [0.5, 0.6) is 0 Å². The fourth-order valence-corrected chi connectivity index (χ4v) is 3.20. The van der Waals surface area contributed by atoms with Gasteiger partial charge in [0, 0.05) is 23.0 Å². The van der Waals surface area contributed by atoms with Gasteiger partial charge in [-0.2, -0.15) is 0 Å². The zero-order valence-electron chi connectivity index (χ0n) is 11.8. The van der Waals surface area contributed by atoms with Crippen LogP contribution in [0, 0.1) is 0 Å². The molecule has 1 aliphatic rings. The summed E-state index contributed by atoms with van der Waals surface area (Å²) in [6.45, 7) is 0.683. The third kappa shape index (κ3) is 3.27. The highest BCUT2D eigenvalue weighted by molar-refractivity contribution is 6.30. The molecule has 3 heteroatoms. The van der Waals surface area contributed by atoms with E-state index in [4.69, 9.17) is 11.6 Å². The molecule has 1 unspecified atom stereocenters. The number of halogens is 1. The van der Waals surface area contributed by atoms with E-state index in [0.29, 0.717) is 23.0 Å². The number of aryl methyl sites for hydroxylation is 1. The lowest BCUT2D eigenvalue weighted by molar-refractivity contribution is 0.0950. The van der Waals surface area contributed by atoms with Crippen LogP contribution in [-0.2, 0) is 6.42 Å². The molecular formula is C18H18ClNO. The number of nitrogens with one attached hydrogen (secondary N) is 1. The van der Waals surface area contributed by atoms with Gasteiger partial charge in [-0.25, -0.2) is 0 Å². The second-order valence-corrected chi connectivity index (χ2v) is 5.94. The first-order valence-corrected chi connectivity index (χ1v) is 7.73. The van der Waals surface area contributed by atoms with Gasteiger partial charge in [0.1, 0.15) is 0 Å². The summed E-state index contributed by atoms with van der Waals surface area (Å²) in [7, 11) is 0. The average molecular weight is 300 g/mol. The fourth-order valence-electron chi connectivity index (χ4n) is 3.01. The molecule has 0 saturated heterocycles. The summed E-state index contributed by atoms with van der Waals surface area (Å²) in [4.78, 5) is 12.2. The van der Waals surface area contributed by atoms with Crippen LogP contribution in [0.3, 0.4) is 0 Å². The standard InChI is InChI=1S/C18H18ClNO/c19-16-9-4-7-14(11-16)18(21)20-12-15-8-3-6-13-5-1-2-10-17(13)15/h1-2,4-5,7,9-11,15H,3,6,8,12H2,(H,20,21). The molecule has 2 aromatic rings. The van der Waals surface area contributed by atoms with E-state index >= 15 is 0 Å². The normalized spacial score (nSPS) is 17.1. The maximum Gasteiger partial charge on any atom is 0.251 e. The highest BCUT2D eigenvalue weighted by Crippen LogP contribution is 2.30. The van der Waals surface area contributed by atoms with Gasteiger partial charge in [0.05, 0.1) is 0 Å². The lowest BCUT2D eigenvalue weighted by Gasteiger charge is -2.25. The van der Waals surface area contributed by atoms with Crippen LogP contribution >= 0.6 is 11.6 Å². The molecule has 0 spiro atoms. The first kappa shape index (κ1) is 14.2. The monoisotopic (exact) mass is 299 g/mol. The smallest absolute Gasteiger partial charge is 0.251 e. The van der Waals surface area contributed by atoms with E-state index in [0.717, 1.165) is 12.8 Å². The molecule has 0 radical (unpaired) electrons. The van der Waals surface area contributed by atoms with Gasteiger partial charge in [0.2, 0.25) is 0 Å². The van der Waals surface area contributed by atoms with Crippen molar-refractivity contribution in [3.63, 3.8) is 0 Å². The number of hydrogen-bond donors (Lipinski definition) is 1. The predicted octanol–water partition coefficient (Wildman–Crippen LogP) is 4.19. The van der Waals surface area contributed by atoms with Gasteiger partial charge in [0.15, 0.2) is 0 Å². The molecule has 0 fully saturated rings. The lowest BCUT2D eigenvalue weighted by atomic mass is 9.83. The predicted molar refractivity (Wildman–Crippen MR) is 85.9 cm³/mol. The Labute approximate surface area is 130 Å². The first-order valence-electron chi connectivity index (χ1n) is 7.35. The van der Waals surface area contributed by atoms with Gasteiger partial charge in [-0.1, -0.05) is 41.9 Å². The van der Waals surface area contributed by atoms with Crippen molar-refractivity contribution < 1.29 is 4.79 Å². The molecule has 0 heterocycles. The fraction of sp³-hybridized carbons (Fsp3) is 0.278. The van der Waals surface area contributed by atoms with Crippen molar-refractivity contribution in [1.29, 1.82) is 0 Å². The van der Waals surface area contributed by atoms with Crippen LogP contribution in [0.2, 0.25) is 5.02 Å². The maximum atomic E-state index is 12.2. The zero-order chi connectivity index (χ0) is 14.7. The summed E-state index contributed by atoms with van der Waals surface area (Å²) >= 11 is 5.92. The molecule has 3 rings (SSSR count). The quantitative estimate of drug-likeness (QED) is 0.904. The molecule has 1 amide bonds. The van der Waals surface area contributed by atoms with Crippen molar-refractivity contribution in [1.82, 2.24) is 5.32 Å². The van der Waals surface area contributed by atoms with Gasteiger partial charge in [0.25, 0.3) is 5.91 Å². The Kier molecular flexibility index (Phi) is 4.26. The van der Waals surface area contributed by atoms with E-state index < -0.39 is 0 Å². The molecule has 0 saturated carbocycles. The van der Waals surface area contributed by atoms with Crippen LogP contribution in [0.1, 0.15) is 40.2 Å². The number of fused-ring (bicyclic) bond motifs is 1. The Morgan fingerprint density at radius 3 is 2.90 bits per heavy atom. The number of amides is 1. The summed E-state index contributed by atoms with van der Waals surface area (Å²) in [5.41, 5.74) is 3.42. The van der Waals surface area contributed by atoms with Crippen molar-refractivity contribution in [3.8, 4) is 0 Å². The Bertz CT molecular complexity index is 653. The summed E-state index contributed by atoms with van der Waals surface area (Å²) < 4.78 is 0. The van der Waals surface area contributed by atoms with Crippen molar-refractivity contribution >= 4 is 17.5 Å². The first-order chi connectivity index (χ1) is 10.2. The number of rotatable bonds is 3. The van der Waals surface area contributed by atoms with Gasteiger partial charge < -0.3 is 5.32 Å². The number of carbonyl (C=O) groups excluding carboxylic acids is 1. The third-order valence-corrected chi connectivity index (χ3v) is 4.32. The van der Waals surface area contributed by atoms with E-state index in [1.807, 2.05) is 0 Å². The lowest BCUT2D eigenvalue weighted by Crippen LogP contribution is -2.29. The highest BCUT2D eigenvalue weighted by Gasteiger charge is 2.20. The number of benzene rings is 2. The second-order valence-electron chi connectivity index (χ2n) is 5.51. The van der Waals surface area contributed by atoms with Crippen molar-refractivity contribution in [2.45, 2.75) is 25.2 Å². The number of carbonyl (C=O) groups is 1. The second kappa shape index (κ2) is 6.31. The van der Waals surface area contributed by atoms with Crippen molar-refractivity contribution in [2.24, 2.45) is 0 Å². The van der Waals surface area contributed by atoms with E-state index in [1.165, 1.54) is 17.5 Å². The van der Waals surface area contributed by atoms with Crippen LogP contribution in [0.25, 0.3) is 0 Å². The van der Waals surface area contributed by atoms with Crippen molar-refractivity contribution in [3.05, 3.63) is 70.2 Å². The van der Waals surface area contributed by atoms with E-state index in [9.17, 15) is 4.79 Å². The third-order valence-electron chi connectivity index (χ3n) is 4.09. The highest BCUT2D eigenvalue weighted by atomic mass is 35.5. The van der Waals surface area contributed by atoms with Crippen LogP contribution in [-0.4, -0.2) is 12.5 Å². The summed E-state index contributed by atoms with van der Waals surface area (Å²) in [6, 6.07) is 15.6. The molecule has 1 atom stereocenters. The van der Waals surface area contributed by atoms with Gasteiger partial charge in [-0.3, -0.25) is 4.79 Å². The van der Waals surface area contributed by atoms with Gasteiger partial charge >= 0.3 is 0 Å².